The largest absolute Gasteiger partial charge is 0.459 e. The Hall–Kier alpha value is -3.74. The second kappa shape index (κ2) is 7.26. The third-order valence-electron chi connectivity index (χ3n) is 5.37. The van der Waals surface area contributed by atoms with Crippen LogP contribution in [-0.4, -0.2) is 28.7 Å². The van der Waals surface area contributed by atoms with Crippen LogP contribution in [0.4, 0.5) is 0 Å². The predicted octanol–water partition coefficient (Wildman–Crippen LogP) is 3.14. The van der Waals surface area contributed by atoms with Gasteiger partial charge in [-0.05, 0) is 56.2 Å². The number of hydrogen-bond donors (Lipinski definition) is 0. The molecule has 2 aromatic carbocycles. The zero-order chi connectivity index (χ0) is 21.6. The highest BCUT2D eigenvalue weighted by Gasteiger charge is 2.41. The zero-order valence-corrected chi connectivity index (χ0v) is 16.7. The summed E-state index contributed by atoms with van der Waals surface area (Å²) in [6, 6.07) is 10.2. The van der Waals surface area contributed by atoms with Gasteiger partial charge in [0, 0.05) is 17.0 Å². The molecule has 1 aromatic heterocycles. The van der Waals surface area contributed by atoms with Crippen LogP contribution in [-0.2, 0) is 16.1 Å². The number of imide groups is 1. The fraction of sp³-hybridized carbons (Fsp3) is 0.217. The molecule has 30 heavy (non-hydrogen) atoms. The van der Waals surface area contributed by atoms with Gasteiger partial charge >= 0.3 is 11.6 Å². The van der Waals surface area contributed by atoms with Crippen molar-refractivity contribution in [3.05, 3.63) is 80.7 Å². The molecule has 2 heterocycles. The summed E-state index contributed by atoms with van der Waals surface area (Å²) in [7, 11) is 0. The summed E-state index contributed by atoms with van der Waals surface area (Å²) in [6.45, 7) is 5.09. The van der Waals surface area contributed by atoms with Crippen LogP contribution in [0.5, 0.6) is 0 Å². The summed E-state index contributed by atoms with van der Waals surface area (Å²) >= 11 is 0. The maximum absolute atomic E-state index is 12.6. The van der Waals surface area contributed by atoms with Crippen LogP contribution in [0.15, 0.2) is 51.7 Å². The number of esters is 1. The van der Waals surface area contributed by atoms with Gasteiger partial charge in [-0.15, -0.1) is 0 Å². The van der Waals surface area contributed by atoms with Gasteiger partial charge in [0.15, 0.2) is 0 Å². The fourth-order valence-electron chi connectivity index (χ4n) is 3.54. The summed E-state index contributed by atoms with van der Waals surface area (Å²) in [5.74, 6) is -1.80. The van der Waals surface area contributed by atoms with Crippen LogP contribution < -0.4 is 5.63 Å². The van der Waals surface area contributed by atoms with Crippen LogP contribution in [0.25, 0.3) is 11.0 Å². The number of carbonyl (C=O) groups is 3. The Morgan fingerprint density at radius 2 is 1.60 bits per heavy atom. The number of rotatable bonds is 4. The second-order valence-electron chi connectivity index (χ2n) is 7.33. The van der Waals surface area contributed by atoms with Gasteiger partial charge in [0.2, 0.25) is 0 Å². The van der Waals surface area contributed by atoms with E-state index in [4.69, 9.17) is 9.15 Å². The lowest BCUT2D eigenvalue weighted by Crippen LogP contribution is -2.43. The van der Waals surface area contributed by atoms with E-state index in [0.717, 1.165) is 16.0 Å². The minimum Gasteiger partial charge on any atom is -0.459 e. The van der Waals surface area contributed by atoms with Crippen molar-refractivity contribution >= 4 is 28.8 Å². The van der Waals surface area contributed by atoms with Gasteiger partial charge in [0.1, 0.15) is 18.2 Å². The van der Waals surface area contributed by atoms with E-state index in [1.807, 2.05) is 19.9 Å². The lowest BCUT2D eigenvalue weighted by atomic mass is 10.0. The van der Waals surface area contributed by atoms with E-state index in [1.165, 1.54) is 13.0 Å². The van der Waals surface area contributed by atoms with E-state index in [-0.39, 0.29) is 17.7 Å². The Labute approximate surface area is 171 Å². The molecule has 4 rings (SSSR count). The number of ether oxygens (including phenoxy) is 1. The van der Waals surface area contributed by atoms with E-state index in [1.54, 1.807) is 30.3 Å². The Balaban J connectivity index is 1.56. The number of aryl methyl sites for hydroxylation is 2. The average molecular weight is 405 g/mol. The van der Waals surface area contributed by atoms with Crippen molar-refractivity contribution in [2.45, 2.75) is 33.4 Å². The second-order valence-corrected chi connectivity index (χ2v) is 7.33. The van der Waals surface area contributed by atoms with E-state index >= 15 is 0 Å². The van der Waals surface area contributed by atoms with Gasteiger partial charge in [-0.1, -0.05) is 12.1 Å². The predicted molar refractivity (Wildman–Crippen MR) is 108 cm³/mol. The third kappa shape index (κ3) is 3.18. The van der Waals surface area contributed by atoms with E-state index < -0.39 is 29.5 Å². The number of nitrogens with zero attached hydrogens (tertiary/aromatic N) is 1. The summed E-state index contributed by atoms with van der Waals surface area (Å²) in [4.78, 5) is 50.5. The molecule has 1 atom stereocenters. The van der Waals surface area contributed by atoms with Gasteiger partial charge in [-0.2, -0.15) is 0 Å². The molecule has 0 N–H and O–H groups in total. The normalized spacial score (nSPS) is 14.2. The molecule has 0 saturated carbocycles. The SMILES string of the molecule is Cc1cc2oc(=O)cc(COC(=O)[C@@H](C)N3C(=O)c4ccccc4C3=O)c2cc1C. The van der Waals surface area contributed by atoms with Gasteiger partial charge in [0.05, 0.1) is 11.1 Å². The summed E-state index contributed by atoms with van der Waals surface area (Å²) in [6.07, 6.45) is 0. The third-order valence-corrected chi connectivity index (χ3v) is 5.37. The number of carbonyl (C=O) groups excluding carboxylic acids is 3. The molecule has 152 valence electrons. The molecule has 0 spiro atoms. The smallest absolute Gasteiger partial charge is 0.336 e. The first-order chi connectivity index (χ1) is 14.3. The lowest BCUT2D eigenvalue weighted by molar-refractivity contribution is -0.149. The Kier molecular flexibility index (Phi) is 4.73. The average Bonchev–Trinajstić information content (AvgIpc) is 2.97. The topological polar surface area (TPSA) is 93.9 Å². The molecule has 7 nitrogen and oxygen atoms in total. The Bertz CT molecular complexity index is 1240. The van der Waals surface area contributed by atoms with Crippen molar-refractivity contribution in [3.63, 3.8) is 0 Å². The molecule has 7 heteroatoms. The van der Waals surface area contributed by atoms with Crippen molar-refractivity contribution < 1.29 is 23.5 Å². The summed E-state index contributed by atoms with van der Waals surface area (Å²) < 4.78 is 10.6. The maximum atomic E-state index is 12.6. The van der Waals surface area contributed by atoms with Crippen molar-refractivity contribution in [1.29, 1.82) is 0 Å². The van der Waals surface area contributed by atoms with E-state index in [0.29, 0.717) is 16.5 Å². The van der Waals surface area contributed by atoms with Crippen LogP contribution >= 0.6 is 0 Å². The van der Waals surface area contributed by atoms with Crippen molar-refractivity contribution in [3.8, 4) is 0 Å². The van der Waals surface area contributed by atoms with Gasteiger partial charge in [-0.25, -0.2) is 9.59 Å². The molecule has 0 fully saturated rings. The standard InChI is InChI=1S/C23H19NO6/c1-12-8-18-15(10-20(25)30-19(18)9-13(12)2)11-29-23(28)14(3)24-21(26)16-6-4-5-7-17(16)22(24)27/h4-10,14H,11H2,1-3H3/t14-/m1/s1. The summed E-state index contributed by atoms with van der Waals surface area (Å²) in [5.41, 5.74) is 2.85. The monoisotopic (exact) mass is 405 g/mol. The maximum Gasteiger partial charge on any atom is 0.336 e. The molecule has 0 unspecified atom stereocenters. The molecule has 0 aliphatic carbocycles. The number of fused-ring (bicyclic) bond motifs is 2. The minimum absolute atomic E-state index is 0.184. The zero-order valence-electron chi connectivity index (χ0n) is 16.7. The number of benzene rings is 2. The molecular weight excluding hydrogens is 386 g/mol. The molecule has 2 amide bonds. The first kappa shape index (κ1) is 19.6. The van der Waals surface area contributed by atoms with Crippen LogP contribution in [0.1, 0.15) is 44.3 Å². The Morgan fingerprint density at radius 3 is 2.23 bits per heavy atom. The Morgan fingerprint density at radius 1 is 1.00 bits per heavy atom. The molecule has 3 aromatic rings. The van der Waals surface area contributed by atoms with Crippen molar-refractivity contribution in [2.24, 2.45) is 0 Å². The van der Waals surface area contributed by atoms with E-state index in [9.17, 15) is 19.2 Å². The molecular formula is C23H19NO6. The molecule has 1 aliphatic rings. The van der Waals surface area contributed by atoms with Crippen LogP contribution in [0, 0.1) is 13.8 Å². The first-order valence-electron chi connectivity index (χ1n) is 9.45. The molecule has 0 saturated heterocycles. The molecule has 0 bridgehead atoms. The number of amides is 2. The molecule has 1 aliphatic heterocycles. The van der Waals surface area contributed by atoms with Gasteiger partial charge < -0.3 is 9.15 Å². The molecule has 0 radical (unpaired) electrons. The highest BCUT2D eigenvalue weighted by Crippen LogP contribution is 2.26. The first-order valence-corrected chi connectivity index (χ1v) is 9.45. The van der Waals surface area contributed by atoms with Crippen molar-refractivity contribution in [1.82, 2.24) is 4.90 Å². The minimum atomic E-state index is -1.10. The number of hydrogen-bond acceptors (Lipinski definition) is 6. The van der Waals surface area contributed by atoms with Gasteiger partial charge in [0.25, 0.3) is 11.8 Å². The van der Waals surface area contributed by atoms with E-state index in [2.05, 4.69) is 0 Å². The van der Waals surface area contributed by atoms with Crippen LogP contribution in [0.2, 0.25) is 0 Å². The quantitative estimate of drug-likeness (QED) is 0.376. The highest BCUT2D eigenvalue weighted by atomic mass is 16.5. The summed E-state index contributed by atoms with van der Waals surface area (Å²) in [5, 5.41) is 0.666. The van der Waals surface area contributed by atoms with Gasteiger partial charge in [-0.3, -0.25) is 14.5 Å². The highest BCUT2D eigenvalue weighted by molar-refractivity contribution is 6.22. The fourth-order valence-corrected chi connectivity index (χ4v) is 3.54. The van der Waals surface area contributed by atoms with Crippen molar-refractivity contribution in [2.75, 3.05) is 0 Å². The lowest BCUT2D eigenvalue weighted by Gasteiger charge is -2.21. The van der Waals surface area contributed by atoms with Crippen LogP contribution in [0.3, 0.4) is 0 Å².